The van der Waals surface area contributed by atoms with Gasteiger partial charge in [-0.25, -0.2) is 0 Å². The molecule has 138 valence electrons. The number of carbonyl (C=O) groups excluding carboxylic acids is 1. The molecule has 1 N–H and O–H groups in total. The predicted molar refractivity (Wildman–Crippen MR) is 97.7 cm³/mol. The minimum absolute atomic E-state index is 0.0129. The van der Waals surface area contributed by atoms with Gasteiger partial charge in [0.15, 0.2) is 0 Å². The third-order valence-corrected chi connectivity index (χ3v) is 5.28. The number of ether oxygens (including phenoxy) is 1. The average Bonchev–Trinajstić information content (AvgIpc) is 2.65. The number of aryl methyl sites for hydroxylation is 2. The van der Waals surface area contributed by atoms with Crippen LogP contribution in [0, 0.1) is 0 Å². The number of benzene rings is 1. The van der Waals surface area contributed by atoms with Gasteiger partial charge in [-0.15, -0.1) is 0 Å². The number of amides is 1. The van der Waals surface area contributed by atoms with Gasteiger partial charge in [0.05, 0.1) is 26.2 Å². The lowest BCUT2D eigenvalue weighted by Gasteiger charge is -2.30. The summed E-state index contributed by atoms with van der Waals surface area (Å²) in [5, 5.41) is 9.32. The van der Waals surface area contributed by atoms with E-state index in [-0.39, 0.29) is 12.5 Å². The van der Waals surface area contributed by atoms with E-state index in [0.29, 0.717) is 19.5 Å². The summed E-state index contributed by atoms with van der Waals surface area (Å²) in [5.41, 5.74) is 3.96. The maximum atomic E-state index is 12.7. The fourth-order valence-electron chi connectivity index (χ4n) is 3.75. The topological polar surface area (TPSA) is 53.0 Å². The van der Waals surface area contributed by atoms with E-state index < -0.39 is 0 Å². The summed E-state index contributed by atoms with van der Waals surface area (Å²) in [5.74, 6) is 0.109. The van der Waals surface area contributed by atoms with E-state index in [1.54, 1.807) is 4.90 Å². The van der Waals surface area contributed by atoms with Gasteiger partial charge in [-0.1, -0.05) is 18.2 Å². The highest BCUT2D eigenvalue weighted by molar-refractivity contribution is 5.78. The van der Waals surface area contributed by atoms with E-state index in [2.05, 4.69) is 23.1 Å². The zero-order valence-corrected chi connectivity index (χ0v) is 15.1. The fourth-order valence-corrected chi connectivity index (χ4v) is 3.75. The molecule has 5 nitrogen and oxygen atoms in total. The Kier molecular flexibility index (Phi) is 6.84. The van der Waals surface area contributed by atoms with Crippen molar-refractivity contribution in [3.05, 3.63) is 34.9 Å². The molecule has 1 aliphatic heterocycles. The summed E-state index contributed by atoms with van der Waals surface area (Å²) < 4.78 is 5.36. The molecule has 1 amide bonds. The molecule has 2 aliphatic rings. The van der Waals surface area contributed by atoms with Gasteiger partial charge < -0.3 is 14.7 Å². The highest BCUT2D eigenvalue weighted by Gasteiger charge is 2.18. The molecule has 1 aromatic carbocycles. The predicted octanol–water partition coefficient (Wildman–Crippen LogP) is 1.26. The molecule has 0 unspecified atom stereocenters. The molecule has 1 aromatic rings. The van der Waals surface area contributed by atoms with E-state index in [4.69, 9.17) is 4.74 Å². The highest BCUT2D eigenvalue weighted by atomic mass is 16.5. The molecule has 0 radical (unpaired) electrons. The van der Waals surface area contributed by atoms with Gasteiger partial charge in [0, 0.05) is 32.7 Å². The third-order valence-electron chi connectivity index (χ3n) is 5.28. The van der Waals surface area contributed by atoms with Crippen LogP contribution in [0.5, 0.6) is 0 Å². The Morgan fingerprint density at radius 1 is 1.12 bits per heavy atom. The van der Waals surface area contributed by atoms with Gasteiger partial charge in [-0.3, -0.25) is 9.69 Å². The number of aliphatic hydroxyl groups is 1. The molecular formula is C20H30N2O3. The second kappa shape index (κ2) is 9.32. The number of morpholine rings is 1. The van der Waals surface area contributed by atoms with Crippen LogP contribution in [0.4, 0.5) is 0 Å². The maximum Gasteiger partial charge on any atom is 0.227 e. The van der Waals surface area contributed by atoms with Gasteiger partial charge in [-0.2, -0.15) is 0 Å². The minimum atomic E-state index is 0.0129. The molecule has 0 aromatic heterocycles. The first-order valence-corrected chi connectivity index (χ1v) is 9.55. The molecule has 3 rings (SSSR count). The number of nitrogens with zero attached hydrogens (tertiary/aromatic N) is 2. The molecule has 0 bridgehead atoms. The van der Waals surface area contributed by atoms with Crippen LogP contribution in [0.2, 0.25) is 0 Å². The van der Waals surface area contributed by atoms with Crippen molar-refractivity contribution in [3.8, 4) is 0 Å². The Morgan fingerprint density at radius 2 is 1.88 bits per heavy atom. The molecular weight excluding hydrogens is 316 g/mol. The maximum absolute atomic E-state index is 12.7. The van der Waals surface area contributed by atoms with Crippen molar-refractivity contribution in [2.75, 3.05) is 52.5 Å². The second-order valence-corrected chi connectivity index (χ2v) is 7.05. The lowest BCUT2D eigenvalue weighted by molar-refractivity contribution is -0.131. The van der Waals surface area contributed by atoms with E-state index in [1.807, 2.05) is 0 Å². The van der Waals surface area contributed by atoms with Gasteiger partial charge in [0.25, 0.3) is 0 Å². The first kappa shape index (κ1) is 18.4. The summed E-state index contributed by atoms with van der Waals surface area (Å²) in [7, 11) is 0. The average molecular weight is 346 g/mol. The first-order valence-electron chi connectivity index (χ1n) is 9.55. The van der Waals surface area contributed by atoms with Gasteiger partial charge in [0.2, 0.25) is 5.91 Å². The van der Waals surface area contributed by atoms with Crippen LogP contribution in [0.3, 0.4) is 0 Å². The molecule has 0 atom stereocenters. The largest absolute Gasteiger partial charge is 0.395 e. The molecule has 5 heteroatoms. The number of carbonyl (C=O) groups is 1. The number of hydrogen-bond acceptors (Lipinski definition) is 4. The second-order valence-electron chi connectivity index (χ2n) is 7.05. The zero-order valence-electron chi connectivity index (χ0n) is 15.1. The van der Waals surface area contributed by atoms with Crippen LogP contribution in [0.1, 0.15) is 29.5 Å². The monoisotopic (exact) mass is 346 g/mol. The molecule has 0 spiro atoms. The van der Waals surface area contributed by atoms with Crippen LogP contribution in [-0.2, 0) is 28.8 Å². The van der Waals surface area contributed by atoms with Gasteiger partial charge in [0.1, 0.15) is 0 Å². The van der Waals surface area contributed by atoms with Gasteiger partial charge in [-0.05, 0) is 42.4 Å². The van der Waals surface area contributed by atoms with Crippen LogP contribution in [-0.4, -0.2) is 73.4 Å². The minimum Gasteiger partial charge on any atom is -0.395 e. The standard InChI is InChI=1S/C20H30N2O3/c23-12-9-22(8-7-21-10-13-25-14-11-21)20(24)16-17-5-6-18-3-1-2-4-19(18)15-17/h5-6,15,23H,1-4,7-14,16H2. The van der Waals surface area contributed by atoms with Crippen molar-refractivity contribution in [1.82, 2.24) is 9.80 Å². The van der Waals surface area contributed by atoms with E-state index in [1.165, 1.54) is 30.4 Å². The first-order chi connectivity index (χ1) is 12.3. The Morgan fingerprint density at radius 3 is 2.64 bits per heavy atom. The molecule has 1 saturated heterocycles. The molecule has 0 saturated carbocycles. The van der Waals surface area contributed by atoms with Crippen molar-refractivity contribution in [2.24, 2.45) is 0 Å². The summed E-state index contributed by atoms with van der Waals surface area (Å²) in [6.45, 7) is 5.32. The number of aliphatic hydroxyl groups excluding tert-OH is 1. The summed E-state index contributed by atoms with van der Waals surface area (Å²) in [6.07, 6.45) is 5.25. The lowest BCUT2D eigenvalue weighted by atomic mass is 9.90. The summed E-state index contributed by atoms with van der Waals surface area (Å²) >= 11 is 0. The number of rotatable bonds is 7. The van der Waals surface area contributed by atoms with E-state index in [0.717, 1.165) is 44.8 Å². The van der Waals surface area contributed by atoms with Crippen molar-refractivity contribution < 1.29 is 14.6 Å². The van der Waals surface area contributed by atoms with Crippen LogP contribution in [0.25, 0.3) is 0 Å². The van der Waals surface area contributed by atoms with Crippen molar-refractivity contribution in [3.63, 3.8) is 0 Å². The Bertz CT molecular complexity index is 570. The Hall–Kier alpha value is -1.43. The van der Waals surface area contributed by atoms with E-state index in [9.17, 15) is 9.90 Å². The number of hydrogen-bond donors (Lipinski definition) is 1. The van der Waals surface area contributed by atoms with Crippen molar-refractivity contribution >= 4 is 5.91 Å². The smallest absolute Gasteiger partial charge is 0.227 e. The molecule has 1 fully saturated rings. The summed E-state index contributed by atoms with van der Waals surface area (Å²) in [4.78, 5) is 16.8. The normalized spacial score (nSPS) is 18.0. The van der Waals surface area contributed by atoms with Crippen LogP contribution < -0.4 is 0 Å². The quantitative estimate of drug-likeness (QED) is 0.808. The summed E-state index contributed by atoms with van der Waals surface area (Å²) in [6, 6.07) is 6.51. The molecule has 1 aliphatic carbocycles. The van der Waals surface area contributed by atoms with E-state index >= 15 is 0 Å². The van der Waals surface area contributed by atoms with Crippen LogP contribution in [0.15, 0.2) is 18.2 Å². The SMILES string of the molecule is O=C(Cc1ccc2c(c1)CCCC2)N(CCO)CCN1CCOCC1. The number of fused-ring (bicyclic) bond motifs is 1. The Balaban J connectivity index is 1.56. The zero-order chi connectivity index (χ0) is 17.5. The molecule has 25 heavy (non-hydrogen) atoms. The fraction of sp³-hybridized carbons (Fsp3) is 0.650. The van der Waals surface area contributed by atoms with Gasteiger partial charge >= 0.3 is 0 Å². The van der Waals surface area contributed by atoms with Crippen LogP contribution >= 0.6 is 0 Å². The van der Waals surface area contributed by atoms with Crippen molar-refractivity contribution in [1.29, 1.82) is 0 Å². The van der Waals surface area contributed by atoms with Crippen molar-refractivity contribution in [2.45, 2.75) is 32.1 Å². The lowest BCUT2D eigenvalue weighted by Crippen LogP contribution is -2.44. The Labute approximate surface area is 150 Å². The highest BCUT2D eigenvalue weighted by Crippen LogP contribution is 2.22. The molecule has 1 heterocycles. The third kappa shape index (κ3) is 5.27.